The average molecular weight is 414 g/mol. The number of amides is 2. The fourth-order valence-electron chi connectivity index (χ4n) is 1.91. The Balaban J connectivity index is 2.00. The van der Waals surface area contributed by atoms with E-state index in [0.29, 0.717) is 5.69 Å². The van der Waals surface area contributed by atoms with E-state index in [-0.39, 0.29) is 22.2 Å². The molecule has 23 heavy (non-hydrogen) atoms. The molecule has 0 aliphatic rings. The van der Waals surface area contributed by atoms with Gasteiger partial charge >= 0.3 is 0 Å². The zero-order chi connectivity index (χ0) is 17.0. The molecule has 2 rings (SSSR count). The van der Waals surface area contributed by atoms with Crippen molar-refractivity contribution < 1.29 is 9.59 Å². The molecule has 2 amide bonds. The molecule has 0 aliphatic heterocycles. The van der Waals surface area contributed by atoms with E-state index in [1.165, 1.54) is 23.9 Å². The molecule has 0 fully saturated rings. The maximum atomic E-state index is 12.0. The zero-order valence-electron chi connectivity index (χ0n) is 12.2. The molecule has 3 N–H and O–H groups in total. The Morgan fingerprint density at radius 2 is 2.00 bits per heavy atom. The summed E-state index contributed by atoms with van der Waals surface area (Å²) in [5.74, 6) is -0.544. The number of hydrogen-bond donors (Lipinski definition) is 2. The minimum Gasteiger partial charge on any atom is -0.366 e. The van der Waals surface area contributed by atoms with E-state index in [2.05, 4.69) is 21.2 Å². The normalized spacial score (nSPS) is 10.4. The van der Waals surface area contributed by atoms with E-state index in [1.807, 2.05) is 25.1 Å². The molecule has 0 aromatic heterocycles. The second kappa shape index (κ2) is 7.86. The van der Waals surface area contributed by atoms with Crippen LogP contribution in [0.1, 0.15) is 15.9 Å². The Kier molecular flexibility index (Phi) is 6.10. The quantitative estimate of drug-likeness (QED) is 0.720. The summed E-state index contributed by atoms with van der Waals surface area (Å²) >= 11 is 10.7. The molecule has 0 heterocycles. The minimum atomic E-state index is -0.633. The van der Waals surface area contributed by atoms with Gasteiger partial charge < -0.3 is 11.1 Å². The highest BCUT2D eigenvalue weighted by molar-refractivity contribution is 9.10. The summed E-state index contributed by atoms with van der Waals surface area (Å²) in [5.41, 5.74) is 7.00. The van der Waals surface area contributed by atoms with Gasteiger partial charge in [-0.05, 0) is 48.9 Å². The van der Waals surface area contributed by atoms with E-state index in [0.717, 1.165) is 14.9 Å². The van der Waals surface area contributed by atoms with Crippen LogP contribution in [0.3, 0.4) is 0 Å². The lowest BCUT2D eigenvalue weighted by Crippen LogP contribution is -2.16. The Hall–Kier alpha value is -1.50. The van der Waals surface area contributed by atoms with Gasteiger partial charge in [-0.2, -0.15) is 0 Å². The number of carbonyl (C=O) groups excluding carboxylic acids is 2. The lowest BCUT2D eigenvalue weighted by molar-refractivity contribution is -0.113. The first-order valence-corrected chi connectivity index (χ1v) is 8.80. The lowest BCUT2D eigenvalue weighted by Gasteiger charge is -2.09. The number of thioether (sulfide) groups is 1. The van der Waals surface area contributed by atoms with Crippen molar-refractivity contribution >= 4 is 56.8 Å². The number of halogens is 2. The molecule has 0 unspecified atom stereocenters. The van der Waals surface area contributed by atoms with E-state index in [9.17, 15) is 9.59 Å². The molecule has 0 atom stereocenters. The fraction of sp³-hybridized carbons (Fsp3) is 0.125. The second-order valence-electron chi connectivity index (χ2n) is 4.81. The van der Waals surface area contributed by atoms with Crippen LogP contribution in [-0.2, 0) is 4.79 Å². The van der Waals surface area contributed by atoms with Crippen molar-refractivity contribution in [2.24, 2.45) is 5.73 Å². The first-order chi connectivity index (χ1) is 10.9. The Morgan fingerprint density at radius 1 is 1.26 bits per heavy atom. The molecular formula is C16H14BrClN2O2S. The molecule has 120 valence electrons. The summed E-state index contributed by atoms with van der Waals surface area (Å²) in [6.45, 7) is 1.99. The van der Waals surface area contributed by atoms with Crippen molar-refractivity contribution in [1.82, 2.24) is 0 Å². The Labute approximate surface area is 151 Å². The summed E-state index contributed by atoms with van der Waals surface area (Å²) < 4.78 is 1.00. The maximum Gasteiger partial charge on any atom is 0.250 e. The molecule has 2 aromatic rings. The SMILES string of the molecule is Cc1cc(Br)ccc1SCC(=O)Nc1ccc(Cl)c(C(N)=O)c1. The number of aryl methyl sites for hydroxylation is 1. The molecule has 0 spiro atoms. The largest absolute Gasteiger partial charge is 0.366 e. The molecule has 0 bridgehead atoms. The van der Waals surface area contributed by atoms with E-state index >= 15 is 0 Å². The van der Waals surface area contributed by atoms with Gasteiger partial charge in [-0.3, -0.25) is 9.59 Å². The molecule has 0 saturated carbocycles. The number of benzene rings is 2. The molecule has 7 heteroatoms. The molecule has 4 nitrogen and oxygen atoms in total. The van der Waals surface area contributed by atoms with Crippen molar-refractivity contribution in [3.05, 3.63) is 57.0 Å². The summed E-state index contributed by atoms with van der Waals surface area (Å²) in [5, 5.41) is 2.99. The van der Waals surface area contributed by atoms with Crippen LogP contribution in [0.15, 0.2) is 45.8 Å². The first kappa shape index (κ1) is 17.8. The lowest BCUT2D eigenvalue weighted by atomic mass is 10.2. The van der Waals surface area contributed by atoms with Gasteiger partial charge in [0.05, 0.1) is 16.3 Å². The number of hydrogen-bond acceptors (Lipinski definition) is 3. The highest BCUT2D eigenvalue weighted by Crippen LogP contribution is 2.26. The van der Waals surface area contributed by atoms with E-state index < -0.39 is 5.91 Å². The van der Waals surface area contributed by atoms with Crippen LogP contribution in [0.5, 0.6) is 0 Å². The standard InChI is InChI=1S/C16H14BrClN2O2S/c1-9-6-10(17)2-5-14(9)23-8-15(21)20-11-3-4-13(18)12(7-11)16(19)22/h2-7H,8H2,1H3,(H2,19,22)(H,20,21). The zero-order valence-corrected chi connectivity index (χ0v) is 15.4. The fourth-order valence-corrected chi connectivity index (χ4v) is 3.40. The summed E-state index contributed by atoms with van der Waals surface area (Å²) in [6, 6.07) is 10.5. The monoisotopic (exact) mass is 412 g/mol. The first-order valence-electron chi connectivity index (χ1n) is 6.65. The third-order valence-corrected chi connectivity index (χ3v) is 5.01. The summed E-state index contributed by atoms with van der Waals surface area (Å²) in [4.78, 5) is 24.3. The van der Waals surface area contributed by atoms with Gasteiger partial charge in [-0.25, -0.2) is 0 Å². The smallest absolute Gasteiger partial charge is 0.250 e. The van der Waals surface area contributed by atoms with Gasteiger partial charge in [0.1, 0.15) is 0 Å². The highest BCUT2D eigenvalue weighted by atomic mass is 79.9. The van der Waals surface area contributed by atoms with Gasteiger partial charge in [-0.1, -0.05) is 27.5 Å². The van der Waals surface area contributed by atoms with Crippen LogP contribution in [0.25, 0.3) is 0 Å². The van der Waals surface area contributed by atoms with Gasteiger partial charge in [0.25, 0.3) is 0 Å². The Morgan fingerprint density at radius 3 is 2.65 bits per heavy atom. The predicted molar refractivity (Wildman–Crippen MR) is 98.2 cm³/mol. The summed E-state index contributed by atoms with van der Waals surface area (Å²) in [6.07, 6.45) is 0. The topological polar surface area (TPSA) is 72.2 Å². The molecule has 2 aromatic carbocycles. The number of nitrogens with two attached hydrogens (primary N) is 1. The van der Waals surface area contributed by atoms with Crippen molar-refractivity contribution in [2.45, 2.75) is 11.8 Å². The Bertz CT molecular complexity index is 768. The average Bonchev–Trinajstić information content (AvgIpc) is 2.48. The molecule has 0 aliphatic carbocycles. The molecular weight excluding hydrogens is 400 g/mol. The minimum absolute atomic E-state index is 0.171. The second-order valence-corrected chi connectivity index (χ2v) is 7.15. The number of anilines is 1. The number of carbonyl (C=O) groups is 2. The predicted octanol–water partition coefficient (Wildman–Crippen LogP) is 4.24. The highest BCUT2D eigenvalue weighted by Gasteiger charge is 2.10. The number of nitrogens with one attached hydrogen (secondary N) is 1. The molecule has 0 saturated heterocycles. The van der Waals surface area contributed by atoms with Crippen LogP contribution in [0.2, 0.25) is 5.02 Å². The summed E-state index contributed by atoms with van der Waals surface area (Å²) in [7, 11) is 0. The van der Waals surface area contributed by atoms with Crippen LogP contribution in [-0.4, -0.2) is 17.6 Å². The van der Waals surface area contributed by atoms with E-state index in [1.54, 1.807) is 6.07 Å². The maximum absolute atomic E-state index is 12.0. The van der Waals surface area contributed by atoms with Crippen LogP contribution >= 0.6 is 39.3 Å². The van der Waals surface area contributed by atoms with Crippen LogP contribution < -0.4 is 11.1 Å². The molecule has 0 radical (unpaired) electrons. The van der Waals surface area contributed by atoms with Crippen LogP contribution in [0, 0.1) is 6.92 Å². The van der Waals surface area contributed by atoms with Gasteiger partial charge in [-0.15, -0.1) is 11.8 Å². The van der Waals surface area contributed by atoms with Crippen LogP contribution in [0.4, 0.5) is 5.69 Å². The van der Waals surface area contributed by atoms with Gasteiger partial charge in [0, 0.05) is 15.1 Å². The van der Waals surface area contributed by atoms with Gasteiger partial charge in [0.15, 0.2) is 0 Å². The number of rotatable bonds is 5. The van der Waals surface area contributed by atoms with Gasteiger partial charge in [0.2, 0.25) is 11.8 Å². The number of primary amides is 1. The van der Waals surface area contributed by atoms with Crippen molar-refractivity contribution in [3.63, 3.8) is 0 Å². The third kappa shape index (κ3) is 4.99. The van der Waals surface area contributed by atoms with E-state index in [4.69, 9.17) is 17.3 Å². The third-order valence-electron chi connectivity index (χ3n) is 3.01. The van der Waals surface area contributed by atoms with Crippen molar-refractivity contribution in [1.29, 1.82) is 0 Å². The van der Waals surface area contributed by atoms with Crippen molar-refractivity contribution in [2.75, 3.05) is 11.1 Å². The van der Waals surface area contributed by atoms with Crippen molar-refractivity contribution in [3.8, 4) is 0 Å².